The van der Waals surface area contributed by atoms with E-state index in [2.05, 4.69) is 14.7 Å². The second-order valence-corrected chi connectivity index (χ2v) is 9.59. The highest BCUT2D eigenvalue weighted by atomic mass is 19.1. The van der Waals surface area contributed by atoms with Crippen LogP contribution in [0.4, 0.5) is 21.6 Å². The van der Waals surface area contributed by atoms with Crippen molar-refractivity contribution in [2.24, 2.45) is 0 Å². The third-order valence-corrected chi connectivity index (χ3v) is 7.28. The lowest BCUT2D eigenvalue weighted by atomic mass is 9.95. The summed E-state index contributed by atoms with van der Waals surface area (Å²) in [5.41, 5.74) is 0.705. The van der Waals surface area contributed by atoms with E-state index in [1.54, 1.807) is 35.2 Å². The molecule has 1 aliphatic heterocycles. The summed E-state index contributed by atoms with van der Waals surface area (Å²) in [6, 6.07) is 15.7. The first kappa shape index (κ1) is 27.7. The Hall–Kier alpha value is -4.86. The molecule has 0 aliphatic carbocycles. The van der Waals surface area contributed by atoms with Crippen molar-refractivity contribution in [1.82, 2.24) is 14.5 Å². The van der Waals surface area contributed by atoms with Crippen LogP contribution in [-0.2, 0) is 11.3 Å². The van der Waals surface area contributed by atoms with E-state index < -0.39 is 22.2 Å². The Morgan fingerprint density at radius 1 is 1.12 bits per heavy atom. The molecule has 11 nitrogen and oxygen atoms in total. The molecule has 1 N–H and O–H groups in total. The highest BCUT2D eigenvalue weighted by Gasteiger charge is 2.35. The van der Waals surface area contributed by atoms with Crippen LogP contribution in [0, 0.1) is 22.5 Å². The average Bonchev–Trinajstić information content (AvgIpc) is 2.98. The third kappa shape index (κ3) is 5.32. The van der Waals surface area contributed by atoms with Gasteiger partial charge in [-0.2, -0.15) is 0 Å². The monoisotopic (exact) mass is 558 g/mol. The van der Waals surface area contributed by atoms with Crippen molar-refractivity contribution in [3.05, 3.63) is 109 Å². The van der Waals surface area contributed by atoms with Crippen molar-refractivity contribution in [1.29, 1.82) is 0 Å². The zero-order chi connectivity index (χ0) is 29.1. The first-order valence-corrected chi connectivity index (χ1v) is 12.9. The quantitative estimate of drug-likeness (QED) is 0.194. The van der Waals surface area contributed by atoms with E-state index in [1.807, 2.05) is 12.1 Å². The van der Waals surface area contributed by atoms with Crippen molar-refractivity contribution in [3.8, 4) is 5.75 Å². The Kier molecular flexibility index (Phi) is 7.91. The van der Waals surface area contributed by atoms with E-state index in [0.717, 1.165) is 5.56 Å². The number of halogens is 1. The number of rotatable bonds is 8. The third-order valence-electron chi connectivity index (χ3n) is 7.28. The maximum atomic E-state index is 13.7. The van der Waals surface area contributed by atoms with Crippen molar-refractivity contribution in [2.75, 3.05) is 44.8 Å². The van der Waals surface area contributed by atoms with Gasteiger partial charge < -0.3 is 19.6 Å². The van der Waals surface area contributed by atoms with E-state index >= 15 is 0 Å². The van der Waals surface area contributed by atoms with Gasteiger partial charge >= 0.3 is 11.2 Å². The Labute approximate surface area is 234 Å². The van der Waals surface area contributed by atoms with E-state index in [1.165, 1.54) is 29.9 Å². The Morgan fingerprint density at radius 3 is 2.46 bits per heavy atom. The summed E-state index contributed by atoms with van der Waals surface area (Å²) in [5, 5.41) is 23.0. The van der Waals surface area contributed by atoms with Gasteiger partial charge in [0.1, 0.15) is 11.6 Å². The lowest BCUT2D eigenvalue weighted by molar-refractivity contribution is -0.385. The highest BCUT2D eigenvalue weighted by Crippen LogP contribution is 2.38. The van der Waals surface area contributed by atoms with Gasteiger partial charge in [-0.25, -0.2) is 4.39 Å². The molecule has 210 valence electrons. The van der Waals surface area contributed by atoms with Crippen LogP contribution in [0.1, 0.15) is 17.2 Å². The van der Waals surface area contributed by atoms with Crippen molar-refractivity contribution < 1.29 is 19.2 Å². The number of para-hydroxylation sites is 1. The fraction of sp³-hybridized carbons (Fsp3) is 0.276. The summed E-state index contributed by atoms with van der Waals surface area (Å²) in [7, 11) is 1.47. The Morgan fingerprint density at radius 2 is 1.83 bits per heavy atom. The van der Waals surface area contributed by atoms with E-state index in [9.17, 15) is 24.4 Å². The minimum atomic E-state index is -0.771. The van der Waals surface area contributed by atoms with Crippen molar-refractivity contribution in [2.45, 2.75) is 12.6 Å². The molecule has 4 aromatic rings. The molecule has 5 rings (SSSR count). The first-order valence-electron chi connectivity index (χ1n) is 12.9. The fourth-order valence-corrected chi connectivity index (χ4v) is 5.37. The highest BCUT2D eigenvalue weighted by molar-refractivity contribution is 5.94. The maximum absolute atomic E-state index is 13.7. The first-order chi connectivity index (χ1) is 19.8. The molecule has 1 aliphatic rings. The van der Waals surface area contributed by atoms with Crippen LogP contribution in [-0.4, -0.2) is 64.4 Å². The number of piperazine rings is 1. The number of nitrogens with zero attached hydrogens (tertiary/aromatic N) is 6. The summed E-state index contributed by atoms with van der Waals surface area (Å²) in [5.74, 6) is -0.221. The molecule has 1 saturated heterocycles. The summed E-state index contributed by atoms with van der Waals surface area (Å²) in [6.45, 7) is 9.07. The van der Waals surface area contributed by atoms with Gasteiger partial charge in [-0.05, 0) is 35.9 Å². The van der Waals surface area contributed by atoms with Crippen LogP contribution in [0.3, 0.4) is 0 Å². The molecule has 0 saturated carbocycles. The van der Waals surface area contributed by atoms with Crippen LogP contribution in [0.2, 0.25) is 0 Å². The number of fused-ring (bicyclic) bond motifs is 1. The summed E-state index contributed by atoms with van der Waals surface area (Å²) >= 11 is 0. The fourth-order valence-electron chi connectivity index (χ4n) is 5.37. The standard InChI is InChI=1S/C29H27FN6O5/c1-31-24-12-11-22-25(32-24)27(28(36(39)40)29(38)35(22)17-18-41-2)34-15-13-33(14-16-34)26(19-7-9-20(30)10-8-19)21-5-3-4-6-23(21)37/h3-12,26,37H,13-18H2,2H3. The van der Waals surface area contributed by atoms with Gasteiger partial charge in [-0.15, -0.1) is 4.98 Å². The predicted molar refractivity (Wildman–Crippen MR) is 151 cm³/mol. The minimum Gasteiger partial charge on any atom is -0.508 e. The molecule has 0 bridgehead atoms. The number of hydrogen-bond acceptors (Lipinski definition) is 8. The number of ether oxygens (including phenoxy) is 1. The van der Waals surface area contributed by atoms with Crippen LogP contribution in [0.25, 0.3) is 15.9 Å². The molecule has 3 heterocycles. The number of pyridine rings is 2. The van der Waals surface area contributed by atoms with Gasteiger partial charge in [0.15, 0.2) is 5.69 Å². The molecule has 1 unspecified atom stereocenters. The lowest BCUT2D eigenvalue weighted by Crippen LogP contribution is -2.48. The molecule has 1 atom stereocenters. The van der Waals surface area contributed by atoms with Gasteiger partial charge in [0.05, 0.1) is 29.6 Å². The van der Waals surface area contributed by atoms with Gasteiger partial charge in [0.2, 0.25) is 5.52 Å². The number of phenols is 1. The number of aromatic nitrogens is 2. The van der Waals surface area contributed by atoms with E-state index in [0.29, 0.717) is 37.3 Å². The average molecular weight is 559 g/mol. The number of nitro groups is 1. The second kappa shape index (κ2) is 11.7. The SMILES string of the molecule is [C-]#[N+]c1ccc2c(n1)c(N1CCN(C(c3ccc(F)cc3)c3ccccc3O)CC1)c([N+](=O)[O-])c(=O)n2CCOC. The summed E-state index contributed by atoms with van der Waals surface area (Å²) in [4.78, 5) is 36.7. The molecular weight excluding hydrogens is 531 g/mol. The predicted octanol–water partition coefficient (Wildman–Crippen LogP) is 4.26. The van der Waals surface area contributed by atoms with Crippen LogP contribution in [0.15, 0.2) is 65.5 Å². The Bertz CT molecular complexity index is 1690. The zero-order valence-electron chi connectivity index (χ0n) is 22.2. The minimum absolute atomic E-state index is 0.0551. The van der Waals surface area contributed by atoms with Gasteiger partial charge in [0, 0.05) is 38.9 Å². The molecule has 2 aromatic heterocycles. The molecular formula is C29H27FN6O5. The van der Waals surface area contributed by atoms with Gasteiger partial charge in [-0.1, -0.05) is 36.9 Å². The smallest absolute Gasteiger partial charge is 0.361 e. The molecule has 1 fully saturated rings. The molecule has 2 aromatic carbocycles. The number of anilines is 1. The van der Waals surface area contributed by atoms with Crippen molar-refractivity contribution >= 4 is 28.2 Å². The van der Waals surface area contributed by atoms with Gasteiger partial charge in [-0.3, -0.25) is 24.4 Å². The largest absolute Gasteiger partial charge is 0.508 e. The topological polar surface area (TPSA) is 118 Å². The van der Waals surface area contributed by atoms with Crippen molar-refractivity contribution in [3.63, 3.8) is 0 Å². The molecule has 0 amide bonds. The Balaban J connectivity index is 1.57. The molecule has 0 spiro atoms. The summed E-state index contributed by atoms with van der Waals surface area (Å²) < 4.78 is 20.1. The normalized spacial score (nSPS) is 14.6. The zero-order valence-corrected chi connectivity index (χ0v) is 22.2. The summed E-state index contributed by atoms with van der Waals surface area (Å²) in [6.07, 6.45) is 0. The van der Waals surface area contributed by atoms with Crippen LogP contribution in [0.5, 0.6) is 5.75 Å². The number of hydrogen-bond donors (Lipinski definition) is 1. The van der Waals surface area contributed by atoms with E-state index in [4.69, 9.17) is 11.3 Å². The van der Waals surface area contributed by atoms with Gasteiger partial charge in [0.25, 0.3) is 5.82 Å². The second-order valence-electron chi connectivity index (χ2n) is 9.59. The molecule has 41 heavy (non-hydrogen) atoms. The molecule has 0 radical (unpaired) electrons. The number of methoxy groups -OCH3 is 1. The van der Waals surface area contributed by atoms with Crippen LogP contribution >= 0.6 is 0 Å². The molecule has 12 heteroatoms. The maximum Gasteiger partial charge on any atom is 0.361 e. The lowest BCUT2D eigenvalue weighted by Gasteiger charge is -2.40. The van der Waals surface area contributed by atoms with E-state index in [-0.39, 0.29) is 41.7 Å². The number of phenolic OH excluding ortho intramolecular Hbond substituents is 1. The number of benzene rings is 2. The van der Waals surface area contributed by atoms with Crippen LogP contribution < -0.4 is 10.5 Å². The number of aromatic hydroxyl groups is 1.